The Morgan fingerprint density at radius 1 is 1.33 bits per heavy atom. The van der Waals surface area contributed by atoms with Gasteiger partial charge in [0.1, 0.15) is 5.75 Å². The van der Waals surface area contributed by atoms with Crippen molar-refractivity contribution in [3.05, 3.63) is 30.0 Å². The third-order valence-corrected chi connectivity index (χ3v) is 5.08. The molecule has 2 heterocycles. The summed E-state index contributed by atoms with van der Waals surface area (Å²) in [6, 6.07) is 6.06. The molecule has 0 radical (unpaired) electrons. The van der Waals surface area contributed by atoms with Crippen LogP contribution >= 0.6 is 0 Å². The molecule has 0 unspecified atom stereocenters. The molecule has 0 spiro atoms. The average molecular weight is 373 g/mol. The van der Waals surface area contributed by atoms with Crippen molar-refractivity contribution in [3.63, 3.8) is 0 Å². The van der Waals surface area contributed by atoms with Gasteiger partial charge in [-0.1, -0.05) is 6.07 Å². The molecule has 1 aliphatic heterocycles. The number of hydrogen-bond donors (Lipinski definition) is 2. The van der Waals surface area contributed by atoms with Gasteiger partial charge in [0, 0.05) is 49.3 Å². The fraction of sp³-hybridized carbons (Fsp3) is 0.571. The summed E-state index contributed by atoms with van der Waals surface area (Å²) >= 11 is 0. The summed E-state index contributed by atoms with van der Waals surface area (Å²) in [6.07, 6.45) is 4.97. The first kappa shape index (κ1) is 19.5. The van der Waals surface area contributed by atoms with E-state index >= 15 is 0 Å². The summed E-state index contributed by atoms with van der Waals surface area (Å²) in [5.74, 6) is 1.35. The molecule has 3 rings (SSSR count). The zero-order valence-electron chi connectivity index (χ0n) is 16.4. The topological polar surface area (TPSA) is 66.6 Å². The summed E-state index contributed by atoms with van der Waals surface area (Å²) in [6.45, 7) is 8.34. The summed E-state index contributed by atoms with van der Waals surface area (Å²) in [5, 5.41) is 4.19. The minimum absolute atomic E-state index is 0.0288. The van der Waals surface area contributed by atoms with Crippen molar-refractivity contribution >= 4 is 16.9 Å². The number of H-pyrrole nitrogens is 1. The van der Waals surface area contributed by atoms with Gasteiger partial charge in [0.05, 0.1) is 13.2 Å². The number of amides is 2. The summed E-state index contributed by atoms with van der Waals surface area (Å²) in [5.41, 5.74) is 2.24. The third-order valence-electron chi connectivity index (χ3n) is 5.08. The number of hydrogen-bond acceptors (Lipinski definition) is 3. The Kier molecular flexibility index (Phi) is 6.98. The van der Waals surface area contributed by atoms with Crippen LogP contribution in [0.1, 0.15) is 32.3 Å². The van der Waals surface area contributed by atoms with Crippen LogP contribution < -0.4 is 10.1 Å². The molecule has 2 aromatic rings. The number of rotatable bonds is 8. The first-order valence-corrected chi connectivity index (χ1v) is 10.0. The normalized spacial score (nSPS) is 17.3. The largest absolute Gasteiger partial charge is 0.493 e. The van der Waals surface area contributed by atoms with Gasteiger partial charge in [0.15, 0.2) is 0 Å². The van der Waals surface area contributed by atoms with E-state index in [1.54, 1.807) is 0 Å². The Balaban J connectivity index is 1.54. The molecule has 1 aromatic carbocycles. The molecular weight excluding hydrogens is 342 g/mol. The minimum Gasteiger partial charge on any atom is -0.493 e. The second-order valence-electron chi connectivity index (χ2n) is 7.02. The predicted molar refractivity (Wildman–Crippen MR) is 107 cm³/mol. The molecule has 27 heavy (non-hydrogen) atoms. The lowest BCUT2D eigenvalue weighted by molar-refractivity contribution is 0.0757. The van der Waals surface area contributed by atoms with Crippen LogP contribution in [0.4, 0.5) is 4.79 Å². The van der Waals surface area contributed by atoms with Gasteiger partial charge < -0.3 is 24.7 Å². The average Bonchev–Trinajstić information content (AvgIpc) is 3.11. The van der Waals surface area contributed by atoms with Crippen LogP contribution in [0, 0.1) is 5.92 Å². The summed E-state index contributed by atoms with van der Waals surface area (Å²) < 4.78 is 11.3. The van der Waals surface area contributed by atoms with E-state index in [1.807, 2.05) is 43.1 Å². The van der Waals surface area contributed by atoms with E-state index in [9.17, 15) is 4.79 Å². The first-order valence-electron chi connectivity index (χ1n) is 10.0. The van der Waals surface area contributed by atoms with E-state index in [-0.39, 0.29) is 6.03 Å². The molecule has 1 fully saturated rings. The fourth-order valence-electron chi connectivity index (χ4n) is 3.78. The van der Waals surface area contributed by atoms with E-state index < -0.39 is 0 Å². The number of fused-ring (bicyclic) bond motifs is 1. The number of nitrogens with one attached hydrogen (secondary N) is 2. The highest BCUT2D eigenvalue weighted by atomic mass is 16.5. The molecule has 1 aromatic heterocycles. The number of aromatic nitrogens is 1. The molecule has 0 aliphatic carbocycles. The molecule has 6 nitrogen and oxygen atoms in total. The zero-order valence-corrected chi connectivity index (χ0v) is 16.4. The monoisotopic (exact) mass is 373 g/mol. The van der Waals surface area contributed by atoms with Crippen molar-refractivity contribution in [2.24, 2.45) is 5.92 Å². The third kappa shape index (κ3) is 4.95. The number of carbonyl (C=O) groups is 1. The van der Waals surface area contributed by atoms with Crippen LogP contribution in [0.25, 0.3) is 10.9 Å². The standard InChI is InChI=1S/C21H31N3O3/c1-3-26-15-16-7-6-12-24(14-16)21(25)22-11-10-17-13-23-18-8-5-9-19(20(17)18)27-4-2/h5,8-9,13,16,23H,3-4,6-7,10-12,14-15H2,1-2H3,(H,22,25)/t16-/m0/s1. The minimum atomic E-state index is 0.0288. The zero-order chi connectivity index (χ0) is 19.1. The van der Waals surface area contributed by atoms with Crippen molar-refractivity contribution in [1.82, 2.24) is 15.2 Å². The Morgan fingerprint density at radius 2 is 2.22 bits per heavy atom. The smallest absolute Gasteiger partial charge is 0.317 e. The molecule has 2 amide bonds. The van der Waals surface area contributed by atoms with Crippen molar-refractivity contribution in [2.75, 3.05) is 39.5 Å². The van der Waals surface area contributed by atoms with Crippen LogP contribution in [0.15, 0.2) is 24.4 Å². The second kappa shape index (κ2) is 9.65. The summed E-state index contributed by atoms with van der Waals surface area (Å²) in [4.78, 5) is 17.7. The lowest BCUT2D eigenvalue weighted by Crippen LogP contribution is -2.46. The maximum absolute atomic E-state index is 12.5. The fourth-order valence-corrected chi connectivity index (χ4v) is 3.78. The van der Waals surface area contributed by atoms with E-state index in [4.69, 9.17) is 9.47 Å². The van der Waals surface area contributed by atoms with Crippen molar-refractivity contribution in [2.45, 2.75) is 33.1 Å². The first-order chi connectivity index (χ1) is 13.2. The number of carbonyl (C=O) groups excluding carboxylic acids is 1. The second-order valence-corrected chi connectivity index (χ2v) is 7.02. The number of aromatic amines is 1. The SMILES string of the molecule is CCOC[C@H]1CCCN(C(=O)NCCc2c[nH]c3cccc(OCC)c23)C1. The van der Waals surface area contributed by atoms with Crippen LogP contribution in [0.3, 0.4) is 0 Å². The van der Waals surface area contributed by atoms with Crippen LogP contribution in [0.5, 0.6) is 5.75 Å². The van der Waals surface area contributed by atoms with Crippen molar-refractivity contribution < 1.29 is 14.3 Å². The maximum Gasteiger partial charge on any atom is 0.317 e. The molecular formula is C21H31N3O3. The van der Waals surface area contributed by atoms with Crippen molar-refractivity contribution in [1.29, 1.82) is 0 Å². The van der Waals surface area contributed by atoms with E-state index in [1.165, 1.54) is 5.56 Å². The number of ether oxygens (including phenoxy) is 2. The van der Waals surface area contributed by atoms with Crippen LogP contribution in [-0.4, -0.2) is 55.4 Å². The van der Waals surface area contributed by atoms with E-state index in [0.717, 1.165) is 62.2 Å². The van der Waals surface area contributed by atoms with E-state index in [2.05, 4.69) is 10.3 Å². The molecule has 0 saturated carbocycles. The number of piperidine rings is 1. The molecule has 148 valence electrons. The molecule has 1 aliphatic rings. The van der Waals surface area contributed by atoms with Gasteiger partial charge in [0.25, 0.3) is 0 Å². The Bertz CT molecular complexity index is 743. The van der Waals surface area contributed by atoms with Crippen LogP contribution in [0.2, 0.25) is 0 Å². The number of benzene rings is 1. The van der Waals surface area contributed by atoms with Gasteiger partial charge in [-0.2, -0.15) is 0 Å². The van der Waals surface area contributed by atoms with Gasteiger partial charge in [-0.05, 0) is 50.8 Å². The van der Waals surface area contributed by atoms with Crippen LogP contribution in [-0.2, 0) is 11.2 Å². The van der Waals surface area contributed by atoms with E-state index in [0.29, 0.717) is 19.1 Å². The maximum atomic E-state index is 12.5. The Morgan fingerprint density at radius 3 is 3.04 bits per heavy atom. The number of likely N-dealkylation sites (tertiary alicyclic amines) is 1. The van der Waals surface area contributed by atoms with Gasteiger partial charge >= 0.3 is 6.03 Å². The molecule has 1 saturated heterocycles. The number of nitrogens with zero attached hydrogens (tertiary/aromatic N) is 1. The van der Waals surface area contributed by atoms with Gasteiger partial charge in [0.2, 0.25) is 0 Å². The lowest BCUT2D eigenvalue weighted by Gasteiger charge is -2.32. The quantitative estimate of drug-likeness (QED) is 0.743. The molecule has 2 N–H and O–H groups in total. The lowest BCUT2D eigenvalue weighted by atomic mass is 9.99. The highest BCUT2D eigenvalue weighted by Crippen LogP contribution is 2.29. The predicted octanol–water partition coefficient (Wildman–Crippen LogP) is 3.57. The Labute approximate surface area is 161 Å². The molecule has 0 bridgehead atoms. The Hall–Kier alpha value is -2.21. The molecule has 6 heteroatoms. The van der Waals surface area contributed by atoms with Gasteiger partial charge in [-0.25, -0.2) is 4.79 Å². The van der Waals surface area contributed by atoms with Gasteiger partial charge in [-0.15, -0.1) is 0 Å². The summed E-state index contributed by atoms with van der Waals surface area (Å²) in [7, 11) is 0. The number of urea groups is 1. The highest BCUT2D eigenvalue weighted by Gasteiger charge is 2.23. The highest BCUT2D eigenvalue weighted by molar-refractivity contribution is 5.89. The van der Waals surface area contributed by atoms with Crippen molar-refractivity contribution in [3.8, 4) is 5.75 Å². The molecule has 1 atom stereocenters. The van der Waals surface area contributed by atoms with Gasteiger partial charge in [-0.3, -0.25) is 0 Å².